The van der Waals surface area contributed by atoms with E-state index in [2.05, 4.69) is 9.97 Å². The maximum Gasteiger partial charge on any atom is 0.419 e. The minimum absolute atomic E-state index is 0.202. The maximum absolute atomic E-state index is 12.5. The van der Waals surface area contributed by atoms with Gasteiger partial charge in [-0.2, -0.15) is 13.2 Å². The molecule has 1 aromatic rings. The zero-order valence-corrected chi connectivity index (χ0v) is 12.3. The SMILES string of the molecule is CCOC(=O)CC1CCN(c2ncc(C(F)(F)F)cn2)CC1. The number of anilines is 1. The van der Waals surface area contributed by atoms with Gasteiger partial charge in [0.25, 0.3) is 0 Å². The topological polar surface area (TPSA) is 55.3 Å². The number of aromatic nitrogens is 2. The van der Waals surface area contributed by atoms with Crippen LogP contribution in [0.4, 0.5) is 19.1 Å². The minimum Gasteiger partial charge on any atom is -0.466 e. The summed E-state index contributed by atoms with van der Waals surface area (Å²) in [7, 11) is 0. The summed E-state index contributed by atoms with van der Waals surface area (Å²) in [5.74, 6) is 0.332. The van der Waals surface area contributed by atoms with E-state index in [9.17, 15) is 18.0 Å². The molecule has 0 aliphatic carbocycles. The van der Waals surface area contributed by atoms with Crippen LogP contribution in [0.15, 0.2) is 12.4 Å². The number of rotatable bonds is 4. The molecule has 1 aromatic heterocycles. The van der Waals surface area contributed by atoms with E-state index in [0.29, 0.717) is 32.1 Å². The first kappa shape index (κ1) is 16.5. The normalized spacial score (nSPS) is 16.6. The Hall–Kier alpha value is -1.86. The molecule has 0 atom stereocenters. The van der Waals surface area contributed by atoms with Gasteiger partial charge >= 0.3 is 12.1 Å². The molecular formula is C14H18F3N3O2. The van der Waals surface area contributed by atoms with Crippen molar-refractivity contribution in [3.63, 3.8) is 0 Å². The average molecular weight is 317 g/mol. The summed E-state index contributed by atoms with van der Waals surface area (Å²) in [6.07, 6.45) is -0.910. The molecule has 0 spiro atoms. The van der Waals surface area contributed by atoms with Crippen LogP contribution < -0.4 is 4.90 Å². The number of halogens is 3. The Morgan fingerprint density at radius 3 is 2.41 bits per heavy atom. The van der Waals surface area contributed by atoms with Gasteiger partial charge < -0.3 is 9.64 Å². The molecule has 0 N–H and O–H groups in total. The summed E-state index contributed by atoms with van der Waals surface area (Å²) in [6.45, 7) is 3.38. The van der Waals surface area contributed by atoms with Crippen molar-refractivity contribution in [3.8, 4) is 0 Å². The molecule has 1 aliphatic heterocycles. The van der Waals surface area contributed by atoms with Gasteiger partial charge in [0.15, 0.2) is 0 Å². The second kappa shape index (κ2) is 6.93. The number of hydrogen-bond acceptors (Lipinski definition) is 5. The molecule has 22 heavy (non-hydrogen) atoms. The van der Waals surface area contributed by atoms with Crippen LogP contribution in [0.1, 0.15) is 31.7 Å². The van der Waals surface area contributed by atoms with Gasteiger partial charge in [0.2, 0.25) is 5.95 Å². The number of esters is 1. The second-order valence-electron chi connectivity index (χ2n) is 5.21. The molecule has 2 rings (SSSR count). The molecule has 0 aromatic carbocycles. The predicted octanol–water partition coefficient (Wildman–Crippen LogP) is 2.67. The van der Waals surface area contributed by atoms with Crippen LogP contribution in [0.25, 0.3) is 0 Å². The van der Waals surface area contributed by atoms with Gasteiger partial charge in [-0.3, -0.25) is 4.79 Å². The predicted molar refractivity (Wildman–Crippen MR) is 73.2 cm³/mol. The minimum atomic E-state index is -4.43. The molecule has 1 saturated heterocycles. The van der Waals surface area contributed by atoms with Crippen molar-refractivity contribution in [3.05, 3.63) is 18.0 Å². The summed E-state index contributed by atoms with van der Waals surface area (Å²) in [4.78, 5) is 20.8. The number of carbonyl (C=O) groups is 1. The van der Waals surface area contributed by atoms with E-state index in [0.717, 1.165) is 25.2 Å². The highest BCUT2D eigenvalue weighted by Crippen LogP contribution is 2.29. The van der Waals surface area contributed by atoms with Gasteiger partial charge in [0.1, 0.15) is 0 Å². The van der Waals surface area contributed by atoms with Crippen molar-refractivity contribution in [1.29, 1.82) is 0 Å². The third kappa shape index (κ3) is 4.32. The highest BCUT2D eigenvalue weighted by Gasteiger charge is 2.32. The summed E-state index contributed by atoms with van der Waals surface area (Å²) in [5, 5.41) is 0. The van der Waals surface area contributed by atoms with Crippen molar-refractivity contribution >= 4 is 11.9 Å². The Bertz CT molecular complexity index is 497. The van der Waals surface area contributed by atoms with Crippen molar-refractivity contribution in [2.75, 3.05) is 24.6 Å². The van der Waals surface area contributed by atoms with E-state index in [-0.39, 0.29) is 11.9 Å². The van der Waals surface area contributed by atoms with E-state index < -0.39 is 11.7 Å². The standard InChI is InChI=1S/C14H18F3N3O2/c1-2-22-12(21)7-10-3-5-20(6-4-10)13-18-8-11(9-19-13)14(15,16)17/h8-10H,2-7H2,1H3. The Kier molecular flexibility index (Phi) is 5.20. The number of piperidine rings is 1. The van der Waals surface area contributed by atoms with E-state index in [1.807, 2.05) is 4.90 Å². The van der Waals surface area contributed by atoms with Crippen LogP contribution in [0.3, 0.4) is 0 Å². The number of carbonyl (C=O) groups excluding carboxylic acids is 1. The van der Waals surface area contributed by atoms with Gasteiger partial charge in [-0.25, -0.2) is 9.97 Å². The van der Waals surface area contributed by atoms with Crippen molar-refractivity contribution in [2.45, 2.75) is 32.4 Å². The van der Waals surface area contributed by atoms with Crippen LogP contribution in [-0.2, 0) is 15.7 Å². The van der Waals surface area contributed by atoms with Crippen LogP contribution in [-0.4, -0.2) is 35.6 Å². The molecule has 122 valence electrons. The lowest BCUT2D eigenvalue weighted by atomic mass is 9.94. The van der Waals surface area contributed by atoms with Crippen LogP contribution in [0.2, 0.25) is 0 Å². The lowest BCUT2D eigenvalue weighted by Crippen LogP contribution is -2.35. The third-order valence-corrected chi connectivity index (χ3v) is 3.62. The van der Waals surface area contributed by atoms with Gasteiger partial charge in [-0.05, 0) is 25.7 Å². The molecule has 8 heteroatoms. The van der Waals surface area contributed by atoms with Crippen molar-refractivity contribution < 1.29 is 22.7 Å². The summed E-state index contributed by atoms with van der Waals surface area (Å²) in [5.41, 5.74) is -0.853. The van der Waals surface area contributed by atoms with E-state index in [1.54, 1.807) is 6.92 Å². The monoisotopic (exact) mass is 317 g/mol. The maximum atomic E-state index is 12.5. The zero-order chi connectivity index (χ0) is 16.2. The molecule has 0 amide bonds. The van der Waals surface area contributed by atoms with Crippen molar-refractivity contribution in [1.82, 2.24) is 9.97 Å². The van der Waals surface area contributed by atoms with E-state index in [1.165, 1.54) is 0 Å². The third-order valence-electron chi connectivity index (χ3n) is 3.62. The van der Waals surface area contributed by atoms with Crippen LogP contribution in [0, 0.1) is 5.92 Å². The first-order chi connectivity index (χ1) is 10.4. The highest BCUT2D eigenvalue weighted by molar-refractivity contribution is 5.69. The van der Waals surface area contributed by atoms with Crippen molar-refractivity contribution in [2.24, 2.45) is 5.92 Å². The molecule has 0 saturated carbocycles. The Morgan fingerprint density at radius 2 is 1.91 bits per heavy atom. The smallest absolute Gasteiger partial charge is 0.419 e. The largest absolute Gasteiger partial charge is 0.466 e. The second-order valence-corrected chi connectivity index (χ2v) is 5.21. The zero-order valence-electron chi connectivity index (χ0n) is 12.3. The van der Waals surface area contributed by atoms with E-state index >= 15 is 0 Å². The summed E-state index contributed by atoms with van der Waals surface area (Å²) >= 11 is 0. The Labute approximate surface area is 126 Å². The highest BCUT2D eigenvalue weighted by atomic mass is 19.4. The van der Waals surface area contributed by atoms with Gasteiger partial charge in [0, 0.05) is 31.9 Å². The molecule has 0 radical (unpaired) electrons. The lowest BCUT2D eigenvalue weighted by Gasteiger charge is -2.31. The Balaban J connectivity index is 1.88. The van der Waals surface area contributed by atoms with Gasteiger partial charge in [-0.1, -0.05) is 0 Å². The summed E-state index contributed by atoms with van der Waals surface area (Å²) < 4.78 is 42.3. The van der Waals surface area contributed by atoms with Gasteiger partial charge in [-0.15, -0.1) is 0 Å². The fourth-order valence-corrected chi connectivity index (χ4v) is 2.42. The first-order valence-corrected chi connectivity index (χ1v) is 7.20. The molecule has 1 aliphatic rings. The number of hydrogen-bond donors (Lipinski definition) is 0. The fraction of sp³-hybridized carbons (Fsp3) is 0.643. The van der Waals surface area contributed by atoms with E-state index in [4.69, 9.17) is 4.74 Å². The first-order valence-electron chi connectivity index (χ1n) is 7.20. The summed E-state index contributed by atoms with van der Waals surface area (Å²) in [6, 6.07) is 0. The molecule has 1 fully saturated rings. The average Bonchev–Trinajstić information content (AvgIpc) is 2.47. The van der Waals surface area contributed by atoms with Gasteiger partial charge in [0.05, 0.1) is 12.2 Å². The molecular weight excluding hydrogens is 299 g/mol. The lowest BCUT2D eigenvalue weighted by molar-refractivity contribution is -0.144. The number of ether oxygens (including phenoxy) is 1. The number of alkyl halides is 3. The molecule has 5 nitrogen and oxygen atoms in total. The fourth-order valence-electron chi connectivity index (χ4n) is 2.42. The molecule has 0 bridgehead atoms. The molecule has 0 unspecified atom stereocenters. The molecule has 2 heterocycles. The quantitative estimate of drug-likeness (QED) is 0.799. The Morgan fingerprint density at radius 1 is 1.32 bits per heavy atom. The van der Waals surface area contributed by atoms with Crippen LogP contribution in [0.5, 0.6) is 0 Å². The van der Waals surface area contributed by atoms with Crippen LogP contribution >= 0.6 is 0 Å². The number of nitrogens with zero attached hydrogens (tertiary/aromatic N) is 3.